The van der Waals surface area contributed by atoms with Crippen molar-refractivity contribution in [2.45, 2.75) is 36.1 Å². The van der Waals surface area contributed by atoms with Crippen LogP contribution in [0.5, 0.6) is 0 Å². The predicted molar refractivity (Wildman–Crippen MR) is 91.6 cm³/mol. The number of hydrogen-bond donors (Lipinski definition) is 0. The van der Waals surface area contributed by atoms with Gasteiger partial charge >= 0.3 is 5.51 Å². The molecule has 1 aliphatic rings. The summed E-state index contributed by atoms with van der Waals surface area (Å²) < 4.78 is 142. The Labute approximate surface area is 167 Å². The molecule has 1 aromatic rings. The summed E-state index contributed by atoms with van der Waals surface area (Å²) in [6, 6.07) is 0. The Morgan fingerprint density at radius 1 is 0.800 bits per heavy atom. The number of nitrogens with zero attached hydrogens (tertiary/aromatic N) is 2. The second-order valence-corrected chi connectivity index (χ2v) is 9.51. The van der Waals surface area contributed by atoms with Gasteiger partial charge < -0.3 is 9.03 Å². The topological polar surface area (TPSA) is 85.6 Å². The van der Waals surface area contributed by atoms with Crippen LogP contribution in [0, 0.1) is 23.3 Å². The zero-order valence-electron chi connectivity index (χ0n) is 14.9. The van der Waals surface area contributed by atoms with Crippen molar-refractivity contribution in [2.75, 3.05) is 18.0 Å². The first-order valence-electron chi connectivity index (χ1n) is 8.27. The van der Waals surface area contributed by atoms with Crippen molar-refractivity contribution in [2.24, 2.45) is 0 Å². The second kappa shape index (κ2) is 8.70. The van der Waals surface area contributed by atoms with Gasteiger partial charge in [-0.05, 0) is 25.7 Å². The number of halogens is 7. The summed E-state index contributed by atoms with van der Waals surface area (Å²) in [6.45, 7) is -0.416. The van der Waals surface area contributed by atoms with E-state index >= 15 is 0 Å². The van der Waals surface area contributed by atoms with Crippen LogP contribution in [-0.2, 0) is 20.0 Å². The maximum Gasteiger partial charge on any atom is 0.480 e. The molecule has 1 heterocycles. The third kappa shape index (κ3) is 4.88. The van der Waals surface area contributed by atoms with E-state index in [1.54, 1.807) is 16.3 Å². The summed E-state index contributed by atoms with van der Waals surface area (Å²) in [7, 11) is -12.9. The van der Waals surface area contributed by atoms with E-state index in [9.17, 15) is 47.6 Å². The molecular formula is C15H14F7N2O4S2-. The van der Waals surface area contributed by atoms with Crippen molar-refractivity contribution in [1.82, 2.24) is 0 Å². The smallest absolute Gasteiger partial charge is 0.424 e. The molecule has 0 fully saturated rings. The third-order valence-corrected chi connectivity index (χ3v) is 7.07. The molecule has 0 unspecified atom stereocenters. The molecule has 0 aliphatic carbocycles. The number of hydrogen-bond acceptors (Lipinski definition) is 5. The number of benzene rings is 1. The average molecular weight is 483 g/mol. The molecule has 1 aliphatic heterocycles. The van der Waals surface area contributed by atoms with Crippen molar-refractivity contribution in [3.63, 3.8) is 0 Å². The summed E-state index contributed by atoms with van der Waals surface area (Å²) >= 11 is 0. The van der Waals surface area contributed by atoms with E-state index in [0.29, 0.717) is 12.8 Å². The van der Waals surface area contributed by atoms with Gasteiger partial charge in [-0.15, -0.1) is 0 Å². The molecule has 15 heteroatoms. The van der Waals surface area contributed by atoms with Gasteiger partial charge in [0.15, 0.2) is 33.3 Å². The van der Waals surface area contributed by atoms with Gasteiger partial charge in [-0.1, -0.05) is 12.2 Å². The lowest BCUT2D eigenvalue weighted by atomic mass is 10.2. The van der Waals surface area contributed by atoms with Crippen molar-refractivity contribution < 1.29 is 47.6 Å². The standard InChI is InChI=1S/C15H14F7N2O4S2/c16-9-10(17)12(19)14(29(25,26)23-30(27,28)15(20,21)22)13(11(9)18)24-7-5-3-1-2-4-6-8-24/h1-2H,3-8H2/q-1/b2-1-. The van der Waals surface area contributed by atoms with Gasteiger partial charge in [-0.25, -0.2) is 34.4 Å². The molecule has 0 atom stereocenters. The lowest BCUT2D eigenvalue weighted by molar-refractivity contribution is -0.0425. The molecule has 2 rings (SSSR count). The normalized spacial score (nSPS) is 17.9. The van der Waals surface area contributed by atoms with Gasteiger partial charge in [0, 0.05) is 13.1 Å². The highest BCUT2D eigenvalue weighted by Gasteiger charge is 2.42. The van der Waals surface area contributed by atoms with Crippen LogP contribution in [0.2, 0.25) is 0 Å². The molecule has 30 heavy (non-hydrogen) atoms. The van der Waals surface area contributed by atoms with E-state index in [4.69, 9.17) is 0 Å². The molecule has 0 N–H and O–H groups in total. The summed E-state index contributed by atoms with van der Waals surface area (Å²) in [5, 5.41) is 0. The Morgan fingerprint density at radius 2 is 1.27 bits per heavy atom. The minimum Gasteiger partial charge on any atom is -0.424 e. The van der Waals surface area contributed by atoms with Crippen molar-refractivity contribution >= 4 is 25.7 Å². The van der Waals surface area contributed by atoms with Gasteiger partial charge in [0.2, 0.25) is 0 Å². The molecule has 1 aromatic carbocycles. The number of allylic oxidation sites excluding steroid dienone is 2. The van der Waals surface area contributed by atoms with Gasteiger partial charge in [-0.3, -0.25) is 0 Å². The fourth-order valence-corrected chi connectivity index (χ4v) is 5.15. The molecule has 170 valence electrons. The first kappa shape index (κ1) is 24.4. The van der Waals surface area contributed by atoms with Crippen molar-refractivity contribution in [3.8, 4) is 0 Å². The first-order valence-corrected chi connectivity index (χ1v) is 11.1. The number of alkyl halides is 3. The average Bonchev–Trinajstić information content (AvgIpc) is 2.74. The predicted octanol–water partition coefficient (Wildman–Crippen LogP) is 4.09. The van der Waals surface area contributed by atoms with Crippen LogP contribution in [-0.4, -0.2) is 35.4 Å². The maximum absolute atomic E-state index is 14.5. The third-order valence-electron chi connectivity index (χ3n) is 4.03. The van der Waals surface area contributed by atoms with Crippen LogP contribution >= 0.6 is 0 Å². The molecule has 0 saturated heterocycles. The van der Waals surface area contributed by atoms with Gasteiger partial charge in [0.25, 0.3) is 0 Å². The van der Waals surface area contributed by atoms with Gasteiger partial charge in [0.1, 0.15) is 14.9 Å². The number of sulfonamides is 2. The summed E-state index contributed by atoms with van der Waals surface area (Å²) in [5.74, 6) is -9.82. The van der Waals surface area contributed by atoms with Crippen LogP contribution in [0.1, 0.15) is 25.7 Å². The van der Waals surface area contributed by atoms with Crippen LogP contribution in [0.3, 0.4) is 0 Å². The minimum atomic E-state index is -6.72. The SMILES string of the molecule is O=S(=O)([N-]S(=O)(=O)C(F)(F)F)c1c(F)c(F)c(F)c(F)c1N1CCC/C=C\CCC1. The fourth-order valence-electron chi connectivity index (χ4n) is 2.70. The Balaban J connectivity index is 2.72. The second-order valence-electron chi connectivity index (χ2n) is 6.15. The molecular weight excluding hydrogens is 469 g/mol. The van der Waals surface area contributed by atoms with E-state index in [2.05, 4.69) is 0 Å². The van der Waals surface area contributed by atoms with E-state index < -0.39 is 59.4 Å². The van der Waals surface area contributed by atoms with Crippen molar-refractivity contribution in [3.05, 3.63) is 39.5 Å². The zero-order valence-corrected chi connectivity index (χ0v) is 16.5. The molecule has 0 amide bonds. The van der Waals surface area contributed by atoms with E-state index in [-0.39, 0.29) is 25.9 Å². The monoisotopic (exact) mass is 483 g/mol. The van der Waals surface area contributed by atoms with E-state index in [0.717, 1.165) is 4.90 Å². The minimum absolute atomic E-state index is 0.208. The number of rotatable bonds is 4. The maximum atomic E-state index is 14.5. The fraction of sp³-hybridized carbons (Fsp3) is 0.467. The van der Waals surface area contributed by atoms with E-state index in [1.807, 2.05) is 0 Å². The quantitative estimate of drug-likeness (QED) is 0.279. The Kier molecular flexibility index (Phi) is 7.08. The molecule has 0 saturated carbocycles. The largest absolute Gasteiger partial charge is 0.480 e. The van der Waals surface area contributed by atoms with Crippen molar-refractivity contribution in [1.29, 1.82) is 0 Å². The van der Waals surface area contributed by atoms with Crippen LogP contribution < -0.4 is 4.90 Å². The first-order chi connectivity index (χ1) is 13.7. The van der Waals surface area contributed by atoms with Crippen LogP contribution in [0.15, 0.2) is 17.0 Å². The summed E-state index contributed by atoms with van der Waals surface area (Å²) in [4.78, 5) is -1.32. The van der Waals surface area contributed by atoms with Crippen LogP contribution in [0.25, 0.3) is 4.13 Å². The molecule has 0 aromatic heterocycles. The van der Waals surface area contributed by atoms with Crippen LogP contribution in [0.4, 0.5) is 36.4 Å². The van der Waals surface area contributed by atoms with E-state index in [1.165, 1.54) is 0 Å². The lowest BCUT2D eigenvalue weighted by Gasteiger charge is -2.30. The van der Waals surface area contributed by atoms with Gasteiger partial charge in [0.05, 0.1) is 5.69 Å². The lowest BCUT2D eigenvalue weighted by Crippen LogP contribution is -2.31. The highest BCUT2D eigenvalue weighted by atomic mass is 32.3. The number of anilines is 1. The highest BCUT2D eigenvalue weighted by Crippen LogP contribution is 2.40. The highest BCUT2D eigenvalue weighted by molar-refractivity contribution is 8.12. The molecule has 0 bridgehead atoms. The van der Waals surface area contributed by atoms with Gasteiger partial charge in [-0.2, -0.15) is 13.2 Å². The summed E-state index contributed by atoms with van der Waals surface area (Å²) in [5.41, 5.74) is -7.60. The Hall–Kier alpha value is -1.87. The Morgan fingerprint density at radius 3 is 1.73 bits per heavy atom. The molecule has 0 radical (unpaired) electrons. The summed E-state index contributed by atoms with van der Waals surface area (Å²) in [6.07, 6.45) is 4.73. The molecule has 0 spiro atoms. The molecule has 6 nitrogen and oxygen atoms in total. The Bertz CT molecular complexity index is 1040. The zero-order chi connectivity index (χ0) is 22.9.